The Kier molecular flexibility index (Phi) is 2.67. The first kappa shape index (κ1) is 9.73. The van der Waals surface area contributed by atoms with Crippen LogP contribution in [0.25, 0.3) is 0 Å². The van der Waals surface area contributed by atoms with E-state index < -0.39 is 5.91 Å². The molecule has 1 aromatic heterocycles. The fourth-order valence-electron chi connectivity index (χ4n) is 1.11. The first-order valence-corrected chi connectivity index (χ1v) is 3.98. The molecule has 0 atom stereocenters. The highest BCUT2D eigenvalue weighted by molar-refractivity contribution is 5.95. The summed E-state index contributed by atoms with van der Waals surface area (Å²) in [6.07, 6.45) is 0. The average molecular weight is 184 g/mol. The molecule has 0 aromatic carbocycles. The van der Waals surface area contributed by atoms with Crippen molar-refractivity contribution in [3.63, 3.8) is 0 Å². The van der Waals surface area contributed by atoms with Crippen LogP contribution in [-0.4, -0.2) is 16.3 Å². The first-order valence-electron chi connectivity index (χ1n) is 3.98. The second-order valence-corrected chi connectivity index (χ2v) is 3.10. The third kappa shape index (κ3) is 1.70. The SMILES string of the molecule is Cc1noc(C(C)C)c1C(=O)NO. The Balaban J connectivity index is 3.16. The predicted molar refractivity (Wildman–Crippen MR) is 44.6 cm³/mol. The monoisotopic (exact) mass is 184 g/mol. The van der Waals surface area contributed by atoms with Crippen molar-refractivity contribution >= 4 is 5.91 Å². The maximum Gasteiger partial charge on any atom is 0.280 e. The number of hydroxylamine groups is 1. The number of rotatable bonds is 2. The standard InChI is InChI=1S/C8H12N2O3/c1-4(2)7-6(8(11)9-12)5(3)10-13-7/h4,12H,1-3H3,(H,9,11). The summed E-state index contributed by atoms with van der Waals surface area (Å²) in [6, 6.07) is 0. The van der Waals surface area contributed by atoms with Crippen LogP contribution in [-0.2, 0) is 0 Å². The number of aryl methyl sites for hydroxylation is 1. The Labute approximate surface area is 75.7 Å². The van der Waals surface area contributed by atoms with Gasteiger partial charge in [-0.25, -0.2) is 5.48 Å². The molecule has 1 amide bonds. The molecule has 0 radical (unpaired) electrons. The predicted octanol–water partition coefficient (Wildman–Crippen LogP) is 1.23. The maximum absolute atomic E-state index is 11.2. The summed E-state index contributed by atoms with van der Waals surface area (Å²) in [7, 11) is 0. The summed E-state index contributed by atoms with van der Waals surface area (Å²) in [5.74, 6) is -0.0278. The van der Waals surface area contributed by atoms with Crippen LogP contribution in [0.1, 0.15) is 41.6 Å². The van der Waals surface area contributed by atoms with E-state index in [-0.39, 0.29) is 5.92 Å². The van der Waals surface area contributed by atoms with E-state index in [1.807, 2.05) is 13.8 Å². The van der Waals surface area contributed by atoms with E-state index in [1.54, 1.807) is 12.4 Å². The number of hydrogen-bond acceptors (Lipinski definition) is 4. The van der Waals surface area contributed by atoms with Crippen molar-refractivity contribution in [1.29, 1.82) is 0 Å². The fourth-order valence-corrected chi connectivity index (χ4v) is 1.11. The number of carbonyl (C=O) groups excluding carboxylic acids is 1. The van der Waals surface area contributed by atoms with Gasteiger partial charge in [-0.2, -0.15) is 0 Å². The zero-order chi connectivity index (χ0) is 10.0. The molecule has 0 saturated heterocycles. The molecule has 5 nitrogen and oxygen atoms in total. The smallest absolute Gasteiger partial charge is 0.280 e. The number of amides is 1. The molecule has 0 aliphatic heterocycles. The van der Waals surface area contributed by atoms with Gasteiger partial charge in [0.25, 0.3) is 5.91 Å². The summed E-state index contributed by atoms with van der Waals surface area (Å²) < 4.78 is 4.96. The molecule has 0 unspecified atom stereocenters. The first-order chi connectivity index (χ1) is 6.07. The van der Waals surface area contributed by atoms with Gasteiger partial charge in [0.2, 0.25) is 0 Å². The highest BCUT2D eigenvalue weighted by Crippen LogP contribution is 2.21. The molecule has 0 saturated carbocycles. The summed E-state index contributed by atoms with van der Waals surface area (Å²) in [5.41, 5.74) is 2.36. The lowest BCUT2D eigenvalue weighted by molar-refractivity contribution is 0.0703. The molecule has 13 heavy (non-hydrogen) atoms. The third-order valence-electron chi connectivity index (χ3n) is 1.74. The molecular formula is C8H12N2O3. The van der Waals surface area contributed by atoms with Gasteiger partial charge in [-0.15, -0.1) is 0 Å². The molecule has 1 aromatic rings. The quantitative estimate of drug-likeness (QED) is 0.535. The third-order valence-corrected chi connectivity index (χ3v) is 1.74. The number of nitrogens with one attached hydrogen (secondary N) is 1. The van der Waals surface area contributed by atoms with Crippen LogP contribution in [0, 0.1) is 6.92 Å². The van der Waals surface area contributed by atoms with E-state index in [9.17, 15) is 4.79 Å². The highest BCUT2D eigenvalue weighted by atomic mass is 16.5. The van der Waals surface area contributed by atoms with Crippen LogP contribution in [0.15, 0.2) is 4.52 Å². The van der Waals surface area contributed by atoms with Crippen molar-refractivity contribution in [1.82, 2.24) is 10.6 Å². The van der Waals surface area contributed by atoms with Crippen molar-refractivity contribution in [3.8, 4) is 0 Å². The molecule has 0 fully saturated rings. The van der Waals surface area contributed by atoms with Gasteiger partial charge in [0.1, 0.15) is 5.56 Å². The Morgan fingerprint density at radius 1 is 1.62 bits per heavy atom. The largest absolute Gasteiger partial charge is 0.360 e. The van der Waals surface area contributed by atoms with Crippen LogP contribution in [0.5, 0.6) is 0 Å². The van der Waals surface area contributed by atoms with E-state index >= 15 is 0 Å². The average Bonchev–Trinajstić information content (AvgIpc) is 2.46. The summed E-state index contributed by atoms with van der Waals surface area (Å²) in [4.78, 5) is 11.2. The molecule has 0 aliphatic rings. The van der Waals surface area contributed by atoms with E-state index in [1.165, 1.54) is 0 Å². The Morgan fingerprint density at radius 2 is 2.23 bits per heavy atom. The molecule has 1 rings (SSSR count). The number of carbonyl (C=O) groups is 1. The summed E-state index contributed by atoms with van der Waals surface area (Å²) >= 11 is 0. The van der Waals surface area contributed by atoms with E-state index in [0.29, 0.717) is 17.0 Å². The minimum Gasteiger partial charge on any atom is -0.360 e. The highest BCUT2D eigenvalue weighted by Gasteiger charge is 2.21. The molecule has 1 heterocycles. The van der Waals surface area contributed by atoms with E-state index in [2.05, 4.69) is 5.16 Å². The lowest BCUT2D eigenvalue weighted by atomic mass is 10.1. The van der Waals surface area contributed by atoms with Crippen molar-refractivity contribution in [2.45, 2.75) is 26.7 Å². The number of nitrogens with zero attached hydrogens (tertiary/aromatic N) is 1. The Morgan fingerprint density at radius 3 is 2.69 bits per heavy atom. The van der Waals surface area contributed by atoms with Gasteiger partial charge >= 0.3 is 0 Å². The molecule has 0 aliphatic carbocycles. The minimum atomic E-state index is -0.581. The maximum atomic E-state index is 11.2. The molecule has 72 valence electrons. The van der Waals surface area contributed by atoms with Gasteiger partial charge in [0.15, 0.2) is 5.76 Å². The van der Waals surface area contributed by atoms with Crippen molar-refractivity contribution in [2.24, 2.45) is 0 Å². The zero-order valence-corrected chi connectivity index (χ0v) is 7.79. The van der Waals surface area contributed by atoms with Crippen LogP contribution in [0.4, 0.5) is 0 Å². The minimum absolute atomic E-state index is 0.0634. The number of hydrogen-bond donors (Lipinski definition) is 2. The topological polar surface area (TPSA) is 75.4 Å². The number of aromatic nitrogens is 1. The van der Waals surface area contributed by atoms with Crippen LogP contribution < -0.4 is 5.48 Å². The van der Waals surface area contributed by atoms with Gasteiger partial charge < -0.3 is 4.52 Å². The summed E-state index contributed by atoms with van der Waals surface area (Å²) in [5, 5.41) is 12.1. The second-order valence-electron chi connectivity index (χ2n) is 3.10. The lowest BCUT2D eigenvalue weighted by Gasteiger charge is -2.01. The summed E-state index contributed by atoms with van der Waals surface area (Å²) in [6.45, 7) is 5.42. The van der Waals surface area contributed by atoms with Crippen molar-refractivity contribution in [3.05, 3.63) is 17.0 Å². The fraction of sp³-hybridized carbons (Fsp3) is 0.500. The normalized spacial score (nSPS) is 10.5. The Hall–Kier alpha value is -1.36. The lowest BCUT2D eigenvalue weighted by Crippen LogP contribution is -2.20. The van der Waals surface area contributed by atoms with E-state index in [0.717, 1.165) is 0 Å². The van der Waals surface area contributed by atoms with Crippen LogP contribution in [0.2, 0.25) is 0 Å². The molecule has 0 spiro atoms. The Bertz CT molecular complexity index is 317. The van der Waals surface area contributed by atoms with E-state index in [4.69, 9.17) is 9.73 Å². The van der Waals surface area contributed by atoms with Gasteiger partial charge in [-0.3, -0.25) is 10.0 Å². The molecule has 2 N–H and O–H groups in total. The van der Waals surface area contributed by atoms with Crippen molar-refractivity contribution < 1.29 is 14.5 Å². The van der Waals surface area contributed by atoms with Gasteiger partial charge in [0.05, 0.1) is 5.69 Å². The molecular weight excluding hydrogens is 172 g/mol. The second kappa shape index (κ2) is 3.57. The molecule has 5 heteroatoms. The van der Waals surface area contributed by atoms with Crippen LogP contribution in [0.3, 0.4) is 0 Å². The molecule has 0 bridgehead atoms. The zero-order valence-electron chi connectivity index (χ0n) is 7.79. The van der Waals surface area contributed by atoms with Gasteiger partial charge in [-0.1, -0.05) is 19.0 Å². The van der Waals surface area contributed by atoms with Crippen LogP contribution >= 0.6 is 0 Å². The van der Waals surface area contributed by atoms with Gasteiger partial charge in [-0.05, 0) is 6.92 Å². The van der Waals surface area contributed by atoms with Gasteiger partial charge in [0, 0.05) is 5.92 Å². The van der Waals surface area contributed by atoms with Crippen molar-refractivity contribution in [2.75, 3.05) is 0 Å².